The van der Waals surface area contributed by atoms with Gasteiger partial charge in [0.1, 0.15) is 5.75 Å². The summed E-state index contributed by atoms with van der Waals surface area (Å²) in [7, 11) is 0. The van der Waals surface area contributed by atoms with Crippen molar-refractivity contribution in [1.82, 2.24) is 0 Å². The predicted molar refractivity (Wildman–Crippen MR) is 71.6 cm³/mol. The Morgan fingerprint density at radius 3 is 2.12 bits per heavy atom. The van der Waals surface area contributed by atoms with E-state index in [2.05, 4.69) is 32.9 Å². The van der Waals surface area contributed by atoms with Crippen molar-refractivity contribution < 1.29 is 9.84 Å². The second-order valence-electron chi connectivity index (χ2n) is 5.18. The molecule has 0 fully saturated rings. The molecule has 1 unspecified atom stereocenters. The molecule has 1 aromatic rings. The van der Waals surface area contributed by atoms with E-state index < -0.39 is 0 Å². The molecule has 0 aliphatic carbocycles. The number of aliphatic hydroxyl groups is 1. The van der Waals surface area contributed by atoms with E-state index in [9.17, 15) is 5.11 Å². The zero-order valence-corrected chi connectivity index (χ0v) is 11.6. The summed E-state index contributed by atoms with van der Waals surface area (Å²) >= 11 is 0. The smallest absolute Gasteiger partial charge is 0.125 e. The Morgan fingerprint density at radius 2 is 1.65 bits per heavy atom. The second-order valence-corrected chi connectivity index (χ2v) is 5.18. The van der Waals surface area contributed by atoms with E-state index in [4.69, 9.17) is 4.74 Å². The molecule has 0 aliphatic heterocycles. The minimum absolute atomic E-state index is 0.277. The number of aryl methyl sites for hydroxylation is 3. The van der Waals surface area contributed by atoms with Crippen LogP contribution < -0.4 is 4.74 Å². The Hall–Kier alpha value is -1.02. The first-order chi connectivity index (χ1) is 7.91. The van der Waals surface area contributed by atoms with Gasteiger partial charge in [0.05, 0.1) is 12.7 Å². The van der Waals surface area contributed by atoms with Crippen LogP contribution in [0.1, 0.15) is 37.0 Å². The zero-order valence-electron chi connectivity index (χ0n) is 11.6. The molecule has 96 valence electrons. The molecule has 17 heavy (non-hydrogen) atoms. The lowest BCUT2D eigenvalue weighted by molar-refractivity contribution is 0.0973. The topological polar surface area (TPSA) is 29.5 Å². The fourth-order valence-electron chi connectivity index (χ4n) is 2.01. The lowest BCUT2D eigenvalue weighted by atomic mass is 10.0. The Bertz CT molecular complexity index is 346. The largest absolute Gasteiger partial charge is 0.493 e. The number of aliphatic hydroxyl groups excluding tert-OH is 1. The highest BCUT2D eigenvalue weighted by Crippen LogP contribution is 2.24. The summed E-state index contributed by atoms with van der Waals surface area (Å²) in [5.74, 6) is 1.25. The quantitative estimate of drug-likeness (QED) is 0.849. The summed E-state index contributed by atoms with van der Waals surface area (Å²) in [5, 5.41) is 9.71. The average molecular weight is 236 g/mol. The molecule has 0 amide bonds. The molecule has 0 aliphatic rings. The van der Waals surface area contributed by atoms with Crippen LogP contribution in [0.3, 0.4) is 0 Å². The van der Waals surface area contributed by atoms with Crippen LogP contribution >= 0.6 is 0 Å². The lowest BCUT2D eigenvalue weighted by Crippen LogP contribution is -2.18. The predicted octanol–water partition coefficient (Wildman–Crippen LogP) is 3.40. The molecular formula is C15H24O2. The van der Waals surface area contributed by atoms with E-state index in [0.29, 0.717) is 18.9 Å². The van der Waals surface area contributed by atoms with Crippen LogP contribution in [0.25, 0.3) is 0 Å². The molecule has 1 rings (SSSR count). The Balaban J connectivity index is 2.58. The number of benzene rings is 1. The summed E-state index contributed by atoms with van der Waals surface area (Å²) in [6.45, 7) is 10.8. The van der Waals surface area contributed by atoms with Gasteiger partial charge in [-0.3, -0.25) is 0 Å². The van der Waals surface area contributed by atoms with Crippen molar-refractivity contribution in [3.63, 3.8) is 0 Å². The number of hydrogen-bond donors (Lipinski definition) is 1. The highest BCUT2D eigenvalue weighted by atomic mass is 16.5. The van der Waals surface area contributed by atoms with Gasteiger partial charge in [-0.2, -0.15) is 0 Å². The van der Waals surface area contributed by atoms with Crippen LogP contribution in [0.15, 0.2) is 12.1 Å². The van der Waals surface area contributed by atoms with Crippen molar-refractivity contribution in [3.05, 3.63) is 28.8 Å². The van der Waals surface area contributed by atoms with Gasteiger partial charge in [-0.05, 0) is 37.8 Å². The summed E-state index contributed by atoms with van der Waals surface area (Å²) in [6.07, 6.45) is 0.408. The number of rotatable bonds is 5. The van der Waals surface area contributed by atoms with Crippen LogP contribution in [-0.4, -0.2) is 17.8 Å². The molecule has 2 nitrogen and oxygen atoms in total. The maximum absolute atomic E-state index is 9.71. The zero-order chi connectivity index (χ0) is 13.0. The Labute approximate surface area is 105 Å². The average Bonchev–Trinajstić information content (AvgIpc) is 2.21. The fraction of sp³-hybridized carbons (Fsp3) is 0.600. The van der Waals surface area contributed by atoms with E-state index in [0.717, 1.165) is 5.75 Å². The Morgan fingerprint density at radius 1 is 1.12 bits per heavy atom. The van der Waals surface area contributed by atoms with Crippen LogP contribution in [0.4, 0.5) is 0 Å². The molecule has 2 heteroatoms. The first-order valence-electron chi connectivity index (χ1n) is 6.30. The molecule has 0 heterocycles. The number of hydrogen-bond acceptors (Lipinski definition) is 2. The second kappa shape index (κ2) is 6.06. The van der Waals surface area contributed by atoms with Gasteiger partial charge in [0.15, 0.2) is 0 Å². The van der Waals surface area contributed by atoms with Crippen molar-refractivity contribution in [2.75, 3.05) is 6.61 Å². The van der Waals surface area contributed by atoms with Crippen LogP contribution in [-0.2, 0) is 0 Å². The van der Waals surface area contributed by atoms with Gasteiger partial charge < -0.3 is 9.84 Å². The molecule has 1 aromatic carbocycles. The molecule has 0 bridgehead atoms. The van der Waals surface area contributed by atoms with Gasteiger partial charge in [-0.15, -0.1) is 0 Å². The first kappa shape index (κ1) is 14.0. The van der Waals surface area contributed by atoms with Crippen molar-refractivity contribution in [1.29, 1.82) is 0 Å². The highest BCUT2D eigenvalue weighted by molar-refractivity contribution is 5.42. The first-order valence-corrected chi connectivity index (χ1v) is 6.30. The van der Waals surface area contributed by atoms with Gasteiger partial charge in [-0.1, -0.05) is 31.5 Å². The van der Waals surface area contributed by atoms with E-state index in [1.54, 1.807) is 0 Å². The molecule has 0 aromatic heterocycles. The minimum Gasteiger partial charge on any atom is -0.493 e. The molecule has 0 saturated heterocycles. The third-order valence-electron chi connectivity index (χ3n) is 3.03. The summed E-state index contributed by atoms with van der Waals surface area (Å²) in [5.41, 5.74) is 3.60. The summed E-state index contributed by atoms with van der Waals surface area (Å²) in [4.78, 5) is 0. The van der Waals surface area contributed by atoms with Gasteiger partial charge in [0.2, 0.25) is 0 Å². The third kappa shape index (κ3) is 4.04. The molecule has 1 atom stereocenters. The van der Waals surface area contributed by atoms with E-state index >= 15 is 0 Å². The van der Waals surface area contributed by atoms with E-state index in [1.807, 2.05) is 13.8 Å². The van der Waals surface area contributed by atoms with Gasteiger partial charge in [0.25, 0.3) is 0 Å². The monoisotopic (exact) mass is 236 g/mol. The standard InChI is InChI=1S/C15H24O2/c1-10(2)14(16)6-7-17-15-12(4)8-11(3)9-13(15)5/h8-10,14,16H,6-7H2,1-5H3. The minimum atomic E-state index is -0.277. The van der Waals surface area contributed by atoms with E-state index in [1.165, 1.54) is 16.7 Å². The van der Waals surface area contributed by atoms with Crippen molar-refractivity contribution in [2.24, 2.45) is 5.92 Å². The highest BCUT2D eigenvalue weighted by Gasteiger charge is 2.10. The van der Waals surface area contributed by atoms with Gasteiger partial charge in [0, 0.05) is 6.42 Å². The molecule has 1 N–H and O–H groups in total. The Kier molecular flexibility index (Phi) is 5.01. The van der Waals surface area contributed by atoms with Gasteiger partial charge in [-0.25, -0.2) is 0 Å². The van der Waals surface area contributed by atoms with Crippen LogP contribution in [0.2, 0.25) is 0 Å². The van der Waals surface area contributed by atoms with Crippen LogP contribution in [0, 0.1) is 26.7 Å². The molecule has 0 spiro atoms. The molecule has 0 saturated carbocycles. The maximum Gasteiger partial charge on any atom is 0.125 e. The van der Waals surface area contributed by atoms with Crippen molar-refractivity contribution in [2.45, 2.75) is 47.1 Å². The molecular weight excluding hydrogens is 212 g/mol. The van der Waals surface area contributed by atoms with Crippen LogP contribution in [0.5, 0.6) is 5.75 Å². The lowest BCUT2D eigenvalue weighted by Gasteiger charge is -2.17. The van der Waals surface area contributed by atoms with E-state index in [-0.39, 0.29) is 6.10 Å². The summed E-state index contributed by atoms with van der Waals surface area (Å²) < 4.78 is 5.78. The third-order valence-corrected chi connectivity index (χ3v) is 3.03. The number of ether oxygens (including phenoxy) is 1. The summed E-state index contributed by atoms with van der Waals surface area (Å²) in [6, 6.07) is 4.25. The fourth-order valence-corrected chi connectivity index (χ4v) is 2.01. The molecule has 0 radical (unpaired) electrons. The van der Waals surface area contributed by atoms with Crippen molar-refractivity contribution >= 4 is 0 Å². The normalized spacial score (nSPS) is 12.9. The maximum atomic E-state index is 9.71. The SMILES string of the molecule is Cc1cc(C)c(OCCC(O)C(C)C)c(C)c1. The van der Waals surface area contributed by atoms with Crippen molar-refractivity contribution in [3.8, 4) is 5.75 Å². The van der Waals surface area contributed by atoms with Gasteiger partial charge >= 0.3 is 0 Å².